The predicted molar refractivity (Wildman–Crippen MR) is 75.1 cm³/mol. The van der Waals surface area contributed by atoms with Crippen molar-refractivity contribution in [2.75, 3.05) is 18.0 Å². The van der Waals surface area contributed by atoms with Gasteiger partial charge in [-0.25, -0.2) is 0 Å². The summed E-state index contributed by atoms with van der Waals surface area (Å²) in [7, 11) is 0. The molecule has 7 nitrogen and oxygen atoms in total. The minimum Gasteiger partial charge on any atom is -0.366 e. The van der Waals surface area contributed by atoms with Crippen LogP contribution in [-0.2, 0) is 0 Å². The van der Waals surface area contributed by atoms with Crippen LogP contribution in [-0.4, -0.2) is 22.9 Å². The summed E-state index contributed by atoms with van der Waals surface area (Å²) in [5, 5.41) is 22.1. The van der Waals surface area contributed by atoms with Gasteiger partial charge < -0.3 is 4.90 Å². The van der Waals surface area contributed by atoms with Gasteiger partial charge in [0.05, 0.1) is 15.9 Å². The van der Waals surface area contributed by atoms with Crippen molar-refractivity contribution in [1.82, 2.24) is 0 Å². The average molecular weight is 279 g/mol. The molecule has 1 aliphatic heterocycles. The average Bonchev–Trinajstić information content (AvgIpc) is 2.38. The van der Waals surface area contributed by atoms with Gasteiger partial charge in [-0.3, -0.25) is 20.2 Å². The Bertz CT molecular complexity index is 551. The van der Waals surface area contributed by atoms with Gasteiger partial charge in [0.15, 0.2) is 0 Å². The summed E-state index contributed by atoms with van der Waals surface area (Å²) >= 11 is 0. The summed E-state index contributed by atoms with van der Waals surface area (Å²) in [4.78, 5) is 22.9. The Balaban J connectivity index is 2.44. The molecule has 2 rings (SSSR count). The predicted octanol–water partition coefficient (Wildman–Crippen LogP) is 3.05. The Labute approximate surface area is 116 Å². The molecule has 0 amide bonds. The highest BCUT2D eigenvalue weighted by Gasteiger charge is 2.27. The maximum absolute atomic E-state index is 11.2. The van der Waals surface area contributed by atoms with E-state index in [0.29, 0.717) is 17.2 Å². The van der Waals surface area contributed by atoms with E-state index in [9.17, 15) is 20.2 Å². The van der Waals surface area contributed by atoms with Gasteiger partial charge in [0, 0.05) is 18.7 Å². The molecule has 0 spiro atoms. The van der Waals surface area contributed by atoms with E-state index in [-0.39, 0.29) is 11.4 Å². The normalized spacial score (nSPS) is 16.2. The lowest BCUT2D eigenvalue weighted by molar-refractivity contribution is -0.394. The highest BCUT2D eigenvalue weighted by atomic mass is 16.6. The number of piperidine rings is 1. The van der Waals surface area contributed by atoms with Crippen LogP contribution in [0.3, 0.4) is 0 Å². The molecule has 0 aromatic heterocycles. The quantitative estimate of drug-likeness (QED) is 0.626. The highest BCUT2D eigenvalue weighted by Crippen LogP contribution is 2.36. The van der Waals surface area contributed by atoms with Crippen molar-refractivity contribution in [3.63, 3.8) is 0 Å². The Hall–Kier alpha value is -2.18. The molecular formula is C13H17N3O4. The lowest BCUT2D eigenvalue weighted by Crippen LogP contribution is -2.33. The van der Waals surface area contributed by atoms with Crippen molar-refractivity contribution < 1.29 is 9.85 Å². The first-order chi connectivity index (χ1) is 9.40. The van der Waals surface area contributed by atoms with Gasteiger partial charge in [-0.2, -0.15) is 0 Å². The zero-order valence-corrected chi connectivity index (χ0v) is 11.5. The molecule has 1 aliphatic rings. The van der Waals surface area contributed by atoms with Crippen LogP contribution in [0.1, 0.15) is 25.3 Å². The third-order valence-corrected chi connectivity index (χ3v) is 3.81. The largest absolute Gasteiger partial charge is 0.366 e. The van der Waals surface area contributed by atoms with Crippen molar-refractivity contribution in [3.05, 3.63) is 37.9 Å². The number of aryl methyl sites for hydroxylation is 1. The summed E-state index contributed by atoms with van der Waals surface area (Å²) in [6, 6.07) is 2.63. The molecule has 7 heteroatoms. The molecule has 1 saturated heterocycles. The molecule has 1 aromatic rings. The minimum absolute atomic E-state index is 0.183. The Kier molecular flexibility index (Phi) is 3.87. The fourth-order valence-corrected chi connectivity index (χ4v) is 2.52. The lowest BCUT2D eigenvalue weighted by atomic mass is 9.98. The van der Waals surface area contributed by atoms with Crippen LogP contribution >= 0.6 is 0 Å². The van der Waals surface area contributed by atoms with Gasteiger partial charge in [-0.05, 0) is 31.7 Å². The monoisotopic (exact) mass is 279 g/mol. The molecule has 0 atom stereocenters. The van der Waals surface area contributed by atoms with Gasteiger partial charge >= 0.3 is 0 Å². The number of rotatable bonds is 3. The van der Waals surface area contributed by atoms with Crippen molar-refractivity contribution in [1.29, 1.82) is 0 Å². The molecule has 0 bridgehead atoms. The van der Waals surface area contributed by atoms with Crippen molar-refractivity contribution in [2.45, 2.75) is 26.7 Å². The number of nitro benzene ring substituents is 2. The fraction of sp³-hybridized carbons (Fsp3) is 0.538. The smallest absolute Gasteiger partial charge is 0.299 e. The van der Waals surface area contributed by atoms with Crippen LogP contribution < -0.4 is 4.90 Å². The second-order valence-corrected chi connectivity index (χ2v) is 5.31. The van der Waals surface area contributed by atoms with Crippen molar-refractivity contribution in [3.8, 4) is 0 Å². The maximum Gasteiger partial charge on any atom is 0.299 e. The molecule has 20 heavy (non-hydrogen) atoms. The molecule has 0 radical (unpaired) electrons. The van der Waals surface area contributed by atoms with Gasteiger partial charge in [-0.15, -0.1) is 0 Å². The van der Waals surface area contributed by atoms with Crippen LogP contribution in [0.15, 0.2) is 12.1 Å². The zero-order chi connectivity index (χ0) is 14.9. The summed E-state index contributed by atoms with van der Waals surface area (Å²) in [5.74, 6) is 0.615. The molecule has 1 fully saturated rings. The first-order valence-corrected chi connectivity index (χ1v) is 6.58. The first kappa shape index (κ1) is 14.2. The fourth-order valence-electron chi connectivity index (χ4n) is 2.52. The number of anilines is 1. The molecule has 1 heterocycles. The SMILES string of the molecule is Cc1cc(N2CCC(C)CC2)c([N+](=O)[O-])cc1[N+](=O)[O-]. The third-order valence-electron chi connectivity index (χ3n) is 3.81. The second-order valence-electron chi connectivity index (χ2n) is 5.31. The third kappa shape index (κ3) is 2.71. The van der Waals surface area contributed by atoms with Gasteiger partial charge in [-0.1, -0.05) is 6.92 Å². The number of hydrogen-bond acceptors (Lipinski definition) is 5. The lowest BCUT2D eigenvalue weighted by Gasteiger charge is -2.31. The Morgan fingerprint density at radius 1 is 1.10 bits per heavy atom. The van der Waals surface area contributed by atoms with Crippen LogP contribution in [0.25, 0.3) is 0 Å². The van der Waals surface area contributed by atoms with E-state index in [1.165, 1.54) is 0 Å². The molecular weight excluding hydrogens is 262 g/mol. The van der Waals surface area contributed by atoms with Crippen LogP contribution in [0.4, 0.5) is 17.1 Å². The molecule has 0 aliphatic carbocycles. The second kappa shape index (κ2) is 5.44. The summed E-state index contributed by atoms with van der Waals surface area (Å²) in [5.41, 5.74) is 0.557. The number of benzene rings is 1. The zero-order valence-electron chi connectivity index (χ0n) is 11.5. The van der Waals surface area contributed by atoms with Crippen molar-refractivity contribution in [2.24, 2.45) is 5.92 Å². The molecule has 0 saturated carbocycles. The molecule has 0 N–H and O–H groups in total. The van der Waals surface area contributed by atoms with Crippen LogP contribution in [0.2, 0.25) is 0 Å². The van der Waals surface area contributed by atoms with Crippen LogP contribution in [0, 0.1) is 33.1 Å². The standard InChI is InChI=1S/C13H17N3O4/c1-9-3-5-14(6-4-9)12-7-10(2)11(15(17)18)8-13(12)16(19)20/h7-9H,3-6H2,1-2H3. The molecule has 1 aromatic carbocycles. The van der Waals surface area contributed by atoms with Gasteiger partial charge in [0.1, 0.15) is 5.69 Å². The van der Waals surface area contributed by atoms with Crippen molar-refractivity contribution >= 4 is 17.1 Å². The van der Waals surface area contributed by atoms with E-state index in [4.69, 9.17) is 0 Å². The van der Waals surface area contributed by atoms with E-state index < -0.39 is 9.85 Å². The number of hydrogen-bond donors (Lipinski definition) is 0. The summed E-state index contributed by atoms with van der Waals surface area (Å²) < 4.78 is 0. The Morgan fingerprint density at radius 3 is 2.15 bits per heavy atom. The highest BCUT2D eigenvalue weighted by molar-refractivity contribution is 5.69. The topological polar surface area (TPSA) is 89.5 Å². The first-order valence-electron chi connectivity index (χ1n) is 6.58. The van der Waals surface area contributed by atoms with Gasteiger partial charge in [0.2, 0.25) is 0 Å². The van der Waals surface area contributed by atoms with Gasteiger partial charge in [0.25, 0.3) is 11.4 Å². The minimum atomic E-state index is -0.579. The summed E-state index contributed by atoms with van der Waals surface area (Å²) in [6.45, 7) is 5.27. The van der Waals surface area contributed by atoms with E-state index in [2.05, 4.69) is 6.92 Å². The number of nitro groups is 2. The van der Waals surface area contributed by atoms with E-state index in [1.807, 2.05) is 4.90 Å². The van der Waals surface area contributed by atoms with Crippen LogP contribution in [0.5, 0.6) is 0 Å². The van der Waals surface area contributed by atoms with E-state index in [0.717, 1.165) is 32.0 Å². The van der Waals surface area contributed by atoms with E-state index >= 15 is 0 Å². The van der Waals surface area contributed by atoms with E-state index in [1.54, 1.807) is 13.0 Å². The Morgan fingerprint density at radius 2 is 1.65 bits per heavy atom. The summed E-state index contributed by atoms with van der Waals surface area (Å²) in [6.07, 6.45) is 1.96. The molecule has 108 valence electrons. The number of nitrogens with zero attached hydrogens (tertiary/aromatic N) is 3. The molecule has 0 unspecified atom stereocenters. The maximum atomic E-state index is 11.2.